The van der Waals surface area contributed by atoms with E-state index in [2.05, 4.69) is 5.32 Å². The van der Waals surface area contributed by atoms with E-state index in [0.717, 1.165) is 4.31 Å². The highest BCUT2D eigenvalue weighted by atomic mass is 35.5. The predicted molar refractivity (Wildman–Crippen MR) is 121 cm³/mol. The molecule has 9 nitrogen and oxygen atoms in total. The number of hydrogen-bond donors (Lipinski definition) is 1. The maximum atomic E-state index is 13.0. The van der Waals surface area contributed by atoms with Gasteiger partial charge >= 0.3 is 0 Å². The lowest BCUT2D eigenvalue weighted by atomic mass is 9.95. The van der Waals surface area contributed by atoms with Crippen molar-refractivity contribution in [2.24, 2.45) is 5.41 Å². The lowest BCUT2D eigenvalue weighted by Crippen LogP contribution is -2.33. The van der Waals surface area contributed by atoms with Crippen molar-refractivity contribution in [1.82, 2.24) is 0 Å². The van der Waals surface area contributed by atoms with Crippen molar-refractivity contribution in [2.45, 2.75) is 13.8 Å². The van der Waals surface area contributed by atoms with E-state index in [1.165, 1.54) is 51.7 Å². The Labute approximate surface area is 191 Å². The zero-order valence-corrected chi connectivity index (χ0v) is 19.8. The van der Waals surface area contributed by atoms with Crippen LogP contribution in [0.4, 0.5) is 11.4 Å². The van der Waals surface area contributed by atoms with Gasteiger partial charge in [-0.05, 0) is 32.0 Å². The summed E-state index contributed by atoms with van der Waals surface area (Å²) in [5, 5.41) is 2.76. The lowest BCUT2D eigenvalue weighted by Gasteiger charge is -2.19. The van der Waals surface area contributed by atoms with Crippen molar-refractivity contribution >= 4 is 44.8 Å². The van der Waals surface area contributed by atoms with Crippen LogP contribution < -0.4 is 23.8 Å². The molecule has 1 saturated heterocycles. The maximum absolute atomic E-state index is 13.0. The third kappa shape index (κ3) is 4.20. The molecule has 1 aliphatic rings. The van der Waals surface area contributed by atoms with E-state index in [0.29, 0.717) is 22.9 Å². The molecule has 2 aromatic carbocycles. The number of methoxy groups -OCH3 is 3. The normalized spacial score (nSPS) is 16.6. The van der Waals surface area contributed by atoms with Gasteiger partial charge in [-0.3, -0.25) is 9.59 Å². The largest absolute Gasteiger partial charge is 0.493 e. The molecule has 0 unspecified atom stereocenters. The molecule has 0 spiro atoms. The van der Waals surface area contributed by atoms with E-state index < -0.39 is 27.3 Å². The molecule has 1 aliphatic heterocycles. The van der Waals surface area contributed by atoms with Gasteiger partial charge in [-0.1, -0.05) is 11.6 Å². The predicted octanol–water partition coefficient (Wildman–Crippen LogP) is 3.32. The second-order valence-electron chi connectivity index (χ2n) is 7.74. The molecule has 172 valence electrons. The van der Waals surface area contributed by atoms with Crippen LogP contribution in [-0.4, -0.2) is 47.3 Å². The molecule has 0 aromatic heterocycles. The van der Waals surface area contributed by atoms with Gasteiger partial charge in [-0.15, -0.1) is 0 Å². The minimum Gasteiger partial charge on any atom is -0.493 e. The number of rotatable bonds is 6. The molecular formula is C21H23ClN2O7S. The molecular weight excluding hydrogens is 460 g/mol. The summed E-state index contributed by atoms with van der Waals surface area (Å²) >= 11 is 6.21. The number of sulfonamides is 1. The van der Waals surface area contributed by atoms with Crippen molar-refractivity contribution in [2.75, 3.05) is 36.7 Å². The first-order valence-corrected chi connectivity index (χ1v) is 11.4. The number of ether oxygens (including phenoxy) is 3. The summed E-state index contributed by atoms with van der Waals surface area (Å²) < 4.78 is 41.7. The van der Waals surface area contributed by atoms with Crippen LogP contribution in [-0.2, 0) is 14.8 Å². The van der Waals surface area contributed by atoms with Gasteiger partial charge in [-0.25, -0.2) is 12.7 Å². The van der Waals surface area contributed by atoms with Gasteiger partial charge in [0.1, 0.15) is 0 Å². The van der Waals surface area contributed by atoms with Gasteiger partial charge in [0.2, 0.25) is 21.7 Å². The number of hydrogen-bond acceptors (Lipinski definition) is 7. The van der Waals surface area contributed by atoms with Crippen LogP contribution >= 0.6 is 11.6 Å². The van der Waals surface area contributed by atoms with Gasteiger partial charge in [0.05, 0.1) is 48.8 Å². The van der Waals surface area contributed by atoms with Crippen LogP contribution in [0.3, 0.4) is 0 Å². The molecule has 0 saturated carbocycles. The topological polar surface area (TPSA) is 111 Å². The zero-order chi connectivity index (χ0) is 23.8. The molecule has 0 atom stereocenters. The van der Waals surface area contributed by atoms with Gasteiger partial charge in [0, 0.05) is 17.8 Å². The van der Waals surface area contributed by atoms with Gasteiger partial charge in [0.15, 0.2) is 11.5 Å². The van der Waals surface area contributed by atoms with Crippen LogP contribution in [0.5, 0.6) is 17.2 Å². The first kappa shape index (κ1) is 23.7. The number of anilines is 2. The van der Waals surface area contributed by atoms with E-state index in [1.54, 1.807) is 13.8 Å². The molecule has 11 heteroatoms. The summed E-state index contributed by atoms with van der Waals surface area (Å²) in [4.78, 5) is 25.6. The Morgan fingerprint density at radius 3 is 2.12 bits per heavy atom. The first-order valence-electron chi connectivity index (χ1n) is 9.43. The first-order chi connectivity index (χ1) is 14.9. The molecule has 3 rings (SSSR count). The van der Waals surface area contributed by atoms with Gasteiger partial charge in [0.25, 0.3) is 5.91 Å². The van der Waals surface area contributed by atoms with Crippen molar-refractivity contribution in [3.8, 4) is 17.2 Å². The Hall–Kier alpha value is -2.98. The smallest absolute Gasteiger partial charge is 0.257 e. The highest BCUT2D eigenvalue weighted by Gasteiger charge is 2.50. The highest BCUT2D eigenvalue weighted by Crippen LogP contribution is 2.40. The fourth-order valence-corrected chi connectivity index (χ4v) is 5.73. The fourth-order valence-electron chi connectivity index (χ4n) is 3.43. The van der Waals surface area contributed by atoms with E-state index in [9.17, 15) is 18.0 Å². The van der Waals surface area contributed by atoms with Crippen molar-refractivity contribution < 1.29 is 32.2 Å². The number of carbonyl (C=O) groups excluding carboxylic acids is 2. The van der Waals surface area contributed by atoms with Crippen molar-refractivity contribution in [3.05, 3.63) is 40.9 Å². The third-order valence-electron chi connectivity index (χ3n) is 4.94. The average molecular weight is 483 g/mol. The summed E-state index contributed by atoms with van der Waals surface area (Å²) in [6.07, 6.45) is 0. The second kappa shape index (κ2) is 8.51. The number of nitrogens with zero attached hydrogens (tertiary/aromatic N) is 1. The Morgan fingerprint density at radius 1 is 1.06 bits per heavy atom. The van der Waals surface area contributed by atoms with E-state index in [-0.39, 0.29) is 22.0 Å². The van der Waals surface area contributed by atoms with Crippen LogP contribution in [0, 0.1) is 5.41 Å². The third-order valence-corrected chi connectivity index (χ3v) is 7.29. The quantitative estimate of drug-likeness (QED) is 0.672. The summed E-state index contributed by atoms with van der Waals surface area (Å²) in [6, 6.07) is 7.10. The second-order valence-corrected chi connectivity index (χ2v) is 9.97. The summed E-state index contributed by atoms with van der Waals surface area (Å²) in [7, 11) is 0.468. The minimum absolute atomic E-state index is 0.00868. The molecule has 0 aliphatic carbocycles. The van der Waals surface area contributed by atoms with Crippen molar-refractivity contribution in [3.63, 3.8) is 0 Å². The molecule has 1 fully saturated rings. The van der Waals surface area contributed by atoms with Gasteiger partial charge < -0.3 is 19.5 Å². The summed E-state index contributed by atoms with van der Waals surface area (Å²) in [6.45, 7) is 3.11. The monoisotopic (exact) mass is 482 g/mol. The molecule has 2 amide bonds. The van der Waals surface area contributed by atoms with E-state index >= 15 is 0 Å². The number of halogens is 1. The molecule has 32 heavy (non-hydrogen) atoms. The number of nitrogens with one attached hydrogen (secondary N) is 1. The lowest BCUT2D eigenvalue weighted by molar-refractivity contribution is -0.123. The SMILES string of the molecule is COc1cc(NC(=O)c2cc(N3C(=O)C(C)(C)CS3(=O)=O)ccc2Cl)cc(OC)c1OC. The Balaban J connectivity index is 1.98. The Morgan fingerprint density at radius 2 is 1.66 bits per heavy atom. The molecule has 0 radical (unpaired) electrons. The summed E-state index contributed by atoms with van der Waals surface area (Å²) in [5.74, 6) is -0.497. The van der Waals surface area contributed by atoms with Crippen LogP contribution in [0.25, 0.3) is 0 Å². The van der Waals surface area contributed by atoms with E-state index in [4.69, 9.17) is 25.8 Å². The molecule has 0 bridgehead atoms. The molecule has 1 N–H and O–H groups in total. The summed E-state index contributed by atoms with van der Waals surface area (Å²) in [5.41, 5.74) is -0.709. The molecule has 2 aromatic rings. The zero-order valence-electron chi connectivity index (χ0n) is 18.2. The van der Waals surface area contributed by atoms with Crippen LogP contribution in [0.15, 0.2) is 30.3 Å². The van der Waals surface area contributed by atoms with Crippen LogP contribution in [0.2, 0.25) is 5.02 Å². The maximum Gasteiger partial charge on any atom is 0.257 e. The number of carbonyl (C=O) groups is 2. The Kier molecular flexibility index (Phi) is 6.30. The number of amides is 2. The highest BCUT2D eigenvalue weighted by molar-refractivity contribution is 7.94. The number of benzene rings is 2. The average Bonchev–Trinajstić information content (AvgIpc) is 2.89. The Bertz CT molecular complexity index is 1170. The minimum atomic E-state index is -3.87. The van der Waals surface area contributed by atoms with E-state index in [1.807, 2.05) is 0 Å². The van der Waals surface area contributed by atoms with Crippen LogP contribution in [0.1, 0.15) is 24.2 Å². The van der Waals surface area contributed by atoms with Gasteiger partial charge in [-0.2, -0.15) is 0 Å². The molecule has 1 heterocycles. The fraction of sp³-hybridized carbons (Fsp3) is 0.333. The standard InChI is InChI=1S/C21H23ClN2O7S/c1-21(2)11-32(27,28)24(20(21)26)13-6-7-15(22)14(10-13)19(25)23-12-8-16(29-3)18(31-5)17(9-12)30-4/h6-10H,11H2,1-5H3,(H,23,25). The van der Waals surface area contributed by atoms with Crippen molar-refractivity contribution in [1.29, 1.82) is 0 Å².